The van der Waals surface area contributed by atoms with Gasteiger partial charge in [0.1, 0.15) is 30.0 Å². The Hall–Kier alpha value is -5.64. The molecule has 1 aliphatic heterocycles. The number of aromatic amines is 1. The van der Waals surface area contributed by atoms with Gasteiger partial charge in [-0.2, -0.15) is 0 Å². The normalized spacial score (nSPS) is 15.6. The summed E-state index contributed by atoms with van der Waals surface area (Å²) in [6.45, 7) is 2.47. The number of aryl methyl sites for hydroxylation is 1. The van der Waals surface area contributed by atoms with Crippen LogP contribution in [-0.2, 0) is 41.7 Å². The van der Waals surface area contributed by atoms with E-state index in [-0.39, 0.29) is 45.3 Å². The zero-order valence-corrected chi connectivity index (χ0v) is 31.5. The van der Waals surface area contributed by atoms with E-state index in [9.17, 15) is 38.7 Å². The number of urea groups is 1. The van der Waals surface area contributed by atoms with Crippen LogP contribution in [0, 0.1) is 6.92 Å². The zero-order chi connectivity index (χ0) is 39.9. The highest BCUT2D eigenvalue weighted by Gasteiger charge is 2.38. The Kier molecular flexibility index (Phi) is 15.9. The van der Waals surface area contributed by atoms with Gasteiger partial charge < -0.3 is 47.3 Å². The molecule has 1 aromatic heterocycles. The van der Waals surface area contributed by atoms with E-state index in [4.69, 9.17) is 17.3 Å². The van der Waals surface area contributed by atoms with Crippen LogP contribution in [0.25, 0.3) is 10.9 Å². The van der Waals surface area contributed by atoms with E-state index in [1.165, 1.54) is 4.90 Å². The number of aromatic nitrogens is 1. The highest BCUT2D eigenvalue weighted by atomic mass is 35.5. The van der Waals surface area contributed by atoms with Gasteiger partial charge in [-0.1, -0.05) is 48.0 Å². The lowest BCUT2D eigenvalue weighted by Gasteiger charge is -2.37. The summed E-state index contributed by atoms with van der Waals surface area (Å²) >= 11 is 5.66. The summed E-state index contributed by atoms with van der Waals surface area (Å²) in [6, 6.07) is 9.79. The highest BCUT2D eigenvalue weighted by molar-refractivity contribution is 6.27. The number of nitrogens with zero attached hydrogens (tertiary/aromatic N) is 1. The minimum Gasteiger partial charge on any atom is -0.481 e. The van der Waals surface area contributed by atoms with Gasteiger partial charge in [-0.15, -0.1) is 11.6 Å². The molecule has 0 saturated carbocycles. The number of carbonyl (C=O) groups is 7. The molecule has 2 heterocycles. The molecule has 0 radical (unpaired) electrons. The molecule has 1 aliphatic rings. The van der Waals surface area contributed by atoms with Gasteiger partial charge in [0.25, 0.3) is 0 Å². The first-order valence-corrected chi connectivity index (χ1v) is 18.8. The summed E-state index contributed by atoms with van der Waals surface area (Å²) in [5, 5.41) is 23.6. The van der Waals surface area contributed by atoms with Crippen LogP contribution >= 0.6 is 11.6 Å². The Bertz CT molecular complexity index is 1830. The molecule has 4 rings (SSSR count). The number of carbonyl (C=O) groups excluding carboxylic acids is 6. The number of para-hydroxylation sites is 1. The monoisotopic (exact) mass is 780 g/mol. The van der Waals surface area contributed by atoms with E-state index >= 15 is 0 Å². The number of H-pyrrole nitrogens is 1. The third-order valence-corrected chi connectivity index (χ3v) is 9.65. The van der Waals surface area contributed by atoms with E-state index in [1.54, 1.807) is 6.20 Å². The summed E-state index contributed by atoms with van der Waals surface area (Å²) in [5.41, 5.74) is 8.65. The third-order valence-electron chi connectivity index (χ3n) is 9.41. The largest absolute Gasteiger partial charge is 0.481 e. The summed E-state index contributed by atoms with van der Waals surface area (Å²) < 4.78 is 0. The first kappa shape index (κ1) is 42.1. The molecule has 1 fully saturated rings. The van der Waals surface area contributed by atoms with Crippen LogP contribution in [0.15, 0.2) is 54.7 Å². The number of alkyl halides is 1. The predicted molar refractivity (Wildman–Crippen MR) is 205 cm³/mol. The number of nitrogens with two attached hydrogens (primary N) is 1. The maximum Gasteiger partial charge on any atom is 0.312 e. The number of piperidine rings is 1. The van der Waals surface area contributed by atoms with E-state index < -0.39 is 78.0 Å². The molecule has 3 aromatic rings. The zero-order valence-electron chi connectivity index (χ0n) is 30.7. The van der Waals surface area contributed by atoms with Gasteiger partial charge in [0.05, 0.1) is 0 Å². The first-order chi connectivity index (χ1) is 26.4. The van der Waals surface area contributed by atoms with Crippen LogP contribution in [0.1, 0.15) is 61.6 Å². The number of rotatable bonds is 19. The second-order valence-electron chi connectivity index (χ2n) is 13.6. The summed E-state index contributed by atoms with van der Waals surface area (Å²) in [4.78, 5) is 95.0. The quantitative estimate of drug-likeness (QED) is 0.0656. The molecule has 0 aliphatic carbocycles. The van der Waals surface area contributed by atoms with Gasteiger partial charge in [0, 0.05) is 49.6 Å². The average Bonchev–Trinajstić information content (AvgIpc) is 3.58. The van der Waals surface area contributed by atoms with Crippen molar-refractivity contribution in [2.75, 3.05) is 19.0 Å². The topological polar surface area (TPSA) is 245 Å². The Morgan fingerprint density at radius 3 is 2.36 bits per heavy atom. The molecule has 16 nitrogen and oxygen atoms in total. The molecule has 4 unspecified atom stereocenters. The van der Waals surface area contributed by atoms with Crippen molar-refractivity contribution >= 4 is 64.0 Å². The molecule has 4 atom stereocenters. The lowest BCUT2D eigenvalue weighted by atomic mass is 9.97. The molecule has 0 spiro atoms. The van der Waals surface area contributed by atoms with Crippen LogP contribution in [-0.4, -0.2) is 99.7 Å². The van der Waals surface area contributed by atoms with E-state index in [0.29, 0.717) is 19.3 Å². The van der Waals surface area contributed by atoms with Crippen molar-refractivity contribution in [3.63, 3.8) is 0 Å². The SMILES string of the molecule is Cc1ccc(CNC(=O)C(CCCNC(N)=O)NC(=O)C(Cc2c[nH]c3ccccc23)NC(=O)C2CCCCN2C(=O)C(CCC(=O)O)NC(=O)CCl)cc1. The maximum absolute atomic E-state index is 14.2. The minimum atomic E-state index is -1.23. The van der Waals surface area contributed by atoms with Gasteiger partial charge >= 0.3 is 12.0 Å². The molecule has 55 heavy (non-hydrogen) atoms. The third kappa shape index (κ3) is 12.7. The molecular weight excluding hydrogens is 732 g/mol. The fourth-order valence-electron chi connectivity index (χ4n) is 6.50. The predicted octanol–water partition coefficient (Wildman–Crippen LogP) is 1.72. The summed E-state index contributed by atoms with van der Waals surface area (Å²) in [7, 11) is 0. The number of hydrogen-bond acceptors (Lipinski definition) is 7. The number of likely N-dealkylation sites (tertiary alicyclic amines) is 1. The number of amides is 7. The fraction of sp³-hybridized carbons (Fsp3) is 0.447. The van der Waals surface area contributed by atoms with Crippen molar-refractivity contribution in [2.24, 2.45) is 5.73 Å². The number of benzene rings is 2. The van der Waals surface area contributed by atoms with Crippen molar-refractivity contribution in [1.29, 1.82) is 0 Å². The van der Waals surface area contributed by atoms with Gasteiger partial charge in [0.2, 0.25) is 29.5 Å². The van der Waals surface area contributed by atoms with Crippen molar-refractivity contribution < 1.29 is 38.7 Å². The van der Waals surface area contributed by atoms with Crippen molar-refractivity contribution in [2.45, 2.75) is 89.0 Å². The van der Waals surface area contributed by atoms with Crippen LogP contribution in [0.4, 0.5) is 4.79 Å². The second-order valence-corrected chi connectivity index (χ2v) is 13.8. The molecule has 9 N–H and O–H groups in total. The molecule has 17 heteroatoms. The number of fused-ring (bicyclic) bond motifs is 1. The summed E-state index contributed by atoms with van der Waals surface area (Å²) in [5.74, 6) is -4.66. The number of primary amides is 1. The Morgan fingerprint density at radius 1 is 0.909 bits per heavy atom. The van der Waals surface area contributed by atoms with Gasteiger partial charge in [-0.25, -0.2) is 4.79 Å². The van der Waals surface area contributed by atoms with E-state index in [2.05, 4.69) is 31.6 Å². The van der Waals surface area contributed by atoms with Crippen LogP contribution in [0.2, 0.25) is 0 Å². The Labute approximate surface area is 323 Å². The van der Waals surface area contributed by atoms with Crippen molar-refractivity contribution in [3.05, 3.63) is 71.4 Å². The molecule has 0 bridgehead atoms. The number of carboxylic acids is 1. The smallest absolute Gasteiger partial charge is 0.312 e. The molecule has 296 valence electrons. The Morgan fingerprint density at radius 2 is 1.65 bits per heavy atom. The molecule has 7 amide bonds. The first-order valence-electron chi connectivity index (χ1n) is 18.3. The average molecular weight is 781 g/mol. The number of hydrogen-bond donors (Lipinski definition) is 8. The molecule has 2 aromatic carbocycles. The molecule has 1 saturated heterocycles. The lowest BCUT2D eigenvalue weighted by molar-refractivity contribution is -0.146. The van der Waals surface area contributed by atoms with Crippen LogP contribution < -0.4 is 32.3 Å². The highest BCUT2D eigenvalue weighted by Crippen LogP contribution is 2.22. The van der Waals surface area contributed by atoms with Crippen molar-refractivity contribution in [3.8, 4) is 0 Å². The van der Waals surface area contributed by atoms with Gasteiger partial charge in [0.15, 0.2) is 0 Å². The number of carboxylic acid groups (broad SMARTS) is 1. The van der Waals surface area contributed by atoms with Gasteiger partial charge in [-0.3, -0.25) is 28.8 Å². The van der Waals surface area contributed by atoms with Crippen molar-refractivity contribution in [1.82, 2.24) is 36.5 Å². The minimum absolute atomic E-state index is 0.0240. The Balaban J connectivity index is 1.58. The number of halogens is 1. The number of nitrogens with one attached hydrogen (secondary N) is 6. The fourth-order valence-corrected chi connectivity index (χ4v) is 6.58. The standard InChI is InChI=1S/C38H49ClN8O8/c1-23-11-13-24(14-12-23)21-43-34(51)28(9-6-17-41-38(40)55)45-35(52)30(19-25-22-42-27-8-3-2-7-26(25)27)46-36(53)31-10-4-5-18-47(31)37(54)29(15-16-33(49)50)44-32(48)20-39/h2-3,7-8,11-14,22,28-31,42H,4-6,9-10,15-21H2,1H3,(H,43,51)(H,44,48)(H,45,52)(H,46,53)(H,49,50)(H3,40,41,55). The van der Waals surface area contributed by atoms with E-state index in [1.807, 2.05) is 55.5 Å². The molecular formula is C38H49ClN8O8. The van der Waals surface area contributed by atoms with Crippen LogP contribution in [0.3, 0.4) is 0 Å². The second kappa shape index (κ2) is 20.7. The van der Waals surface area contributed by atoms with E-state index in [0.717, 1.165) is 27.6 Å². The lowest BCUT2D eigenvalue weighted by Crippen LogP contribution is -2.60. The maximum atomic E-state index is 14.2. The van der Waals surface area contributed by atoms with Crippen LogP contribution in [0.5, 0.6) is 0 Å². The number of aliphatic carboxylic acids is 1. The summed E-state index contributed by atoms with van der Waals surface area (Å²) in [6.07, 6.45) is 2.99. The van der Waals surface area contributed by atoms with Gasteiger partial charge in [-0.05, 0) is 62.6 Å².